The molecule has 1 heterocycles. The van der Waals surface area contributed by atoms with Gasteiger partial charge in [0.2, 0.25) is 0 Å². The Morgan fingerprint density at radius 1 is 1.03 bits per heavy atom. The predicted octanol–water partition coefficient (Wildman–Crippen LogP) is 3.23. The molecule has 1 aromatic heterocycles. The molecular formula is C21H19N3O5. The molecule has 0 aliphatic rings. The Labute approximate surface area is 167 Å². The predicted molar refractivity (Wildman–Crippen MR) is 105 cm³/mol. The highest BCUT2D eigenvalue weighted by molar-refractivity contribution is 6.07. The molecular weight excluding hydrogens is 374 g/mol. The fourth-order valence-corrected chi connectivity index (χ4v) is 2.61. The summed E-state index contributed by atoms with van der Waals surface area (Å²) >= 11 is 0. The lowest BCUT2D eigenvalue weighted by atomic mass is 10.2. The first-order valence-corrected chi connectivity index (χ1v) is 8.90. The Morgan fingerprint density at radius 3 is 2.34 bits per heavy atom. The number of carbonyl (C=O) groups excluding carboxylic acids is 3. The van der Waals surface area contributed by atoms with Crippen molar-refractivity contribution in [1.82, 2.24) is 9.78 Å². The van der Waals surface area contributed by atoms with E-state index >= 15 is 0 Å². The molecule has 0 saturated heterocycles. The van der Waals surface area contributed by atoms with Crippen LogP contribution in [-0.4, -0.2) is 34.2 Å². The summed E-state index contributed by atoms with van der Waals surface area (Å²) in [5, 5.41) is 6.95. The van der Waals surface area contributed by atoms with E-state index < -0.39 is 17.8 Å². The van der Waals surface area contributed by atoms with Gasteiger partial charge in [0.1, 0.15) is 11.3 Å². The number of aromatic nitrogens is 2. The Bertz CT molecular complexity index is 1030. The largest absolute Gasteiger partial charge is 0.462 e. The van der Waals surface area contributed by atoms with E-state index in [0.717, 1.165) is 0 Å². The van der Waals surface area contributed by atoms with Crippen molar-refractivity contribution in [3.63, 3.8) is 0 Å². The number of benzene rings is 2. The lowest BCUT2D eigenvalue weighted by Crippen LogP contribution is -2.18. The number of nitrogens with one attached hydrogen (secondary N) is 1. The van der Waals surface area contributed by atoms with Gasteiger partial charge in [-0.05, 0) is 43.3 Å². The van der Waals surface area contributed by atoms with Crippen LogP contribution in [0.3, 0.4) is 0 Å². The van der Waals surface area contributed by atoms with Gasteiger partial charge in [-0.2, -0.15) is 5.10 Å². The first-order chi connectivity index (χ1) is 14.0. The lowest BCUT2D eigenvalue weighted by Gasteiger charge is -2.11. The topological polar surface area (TPSA) is 99.5 Å². The summed E-state index contributed by atoms with van der Waals surface area (Å²) in [7, 11) is 0. The Kier molecular flexibility index (Phi) is 6.03. The van der Waals surface area contributed by atoms with Gasteiger partial charge in [0.05, 0.1) is 18.5 Å². The van der Waals surface area contributed by atoms with Gasteiger partial charge < -0.3 is 14.8 Å². The van der Waals surface area contributed by atoms with Crippen LogP contribution in [-0.2, 0) is 9.53 Å². The van der Waals surface area contributed by atoms with Gasteiger partial charge in [-0.15, -0.1) is 0 Å². The molecule has 3 rings (SSSR count). The van der Waals surface area contributed by atoms with E-state index in [2.05, 4.69) is 10.4 Å². The third-order valence-corrected chi connectivity index (χ3v) is 3.88. The highest BCUT2D eigenvalue weighted by Crippen LogP contribution is 2.22. The number of amides is 1. The van der Waals surface area contributed by atoms with Gasteiger partial charge in [-0.1, -0.05) is 18.2 Å². The summed E-state index contributed by atoms with van der Waals surface area (Å²) < 4.78 is 11.5. The van der Waals surface area contributed by atoms with E-state index in [1.54, 1.807) is 19.1 Å². The van der Waals surface area contributed by atoms with E-state index in [0.29, 0.717) is 17.0 Å². The number of hydrogen-bond donors (Lipinski definition) is 1. The van der Waals surface area contributed by atoms with Crippen LogP contribution < -0.4 is 10.1 Å². The van der Waals surface area contributed by atoms with E-state index in [1.165, 1.54) is 42.1 Å². The first-order valence-electron chi connectivity index (χ1n) is 8.90. The van der Waals surface area contributed by atoms with Crippen LogP contribution in [0.15, 0.2) is 60.8 Å². The molecule has 148 valence electrons. The molecule has 8 heteroatoms. The van der Waals surface area contributed by atoms with Crippen LogP contribution in [0.4, 0.5) is 5.82 Å². The van der Waals surface area contributed by atoms with E-state index in [9.17, 15) is 14.4 Å². The van der Waals surface area contributed by atoms with Crippen molar-refractivity contribution in [2.45, 2.75) is 13.8 Å². The second-order valence-corrected chi connectivity index (χ2v) is 5.95. The monoisotopic (exact) mass is 393 g/mol. The number of ether oxygens (including phenoxy) is 2. The minimum absolute atomic E-state index is 0.139. The van der Waals surface area contributed by atoms with E-state index in [-0.39, 0.29) is 18.0 Å². The molecule has 29 heavy (non-hydrogen) atoms. The number of carbonyl (C=O) groups is 3. The zero-order valence-electron chi connectivity index (χ0n) is 15.9. The molecule has 0 fully saturated rings. The number of anilines is 1. The SMILES string of the molecule is CCOC(=O)c1cnn(-c2ccccc2)c1NC(=O)c1ccc(OC(C)=O)cc1. The smallest absolute Gasteiger partial charge is 0.343 e. The molecule has 2 aromatic carbocycles. The van der Waals surface area contributed by atoms with Crippen LogP contribution >= 0.6 is 0 Å². The molecule has 3 aromatic rings. The van der Waals surface area contributed by atoms with Crippen molar-refractivity contribution >= 4 is 23.7 Å². The number of hydrogen-bond acceptors (Lipinski definition) is 6. The van der Waals surface area contributed by atoms with E-state index in [4.69, 9.17) is 9.47 Å². The van der Waals surface area contributed by atoms with E-state index in [1.807, 2.05) is 18.2 Å². The zero-order valence-corrected chi connectivity index (χ0v) is 15.9. The van der Waals surface area contributed by atoms with Crippen molar-refractivity contribution in [3.8, 4) is 11.4 Å². The summed E-state index contributed by atoms with van der Waals surface area (Å²) in [5.41, 5.74) is 1.13. The molecule has 0 aliphatic heterocycles. The van der Waals surface area contributed by atoms with Gasteiger partial charge in [0.15, 0.2) is 5.82 Å². The highest BCUT2D eigenvalue weighted by atomic mass is 16.5. The molecule has 1 N–H and O–H groups in total. The quantitative estimate of drug-likeness (QED) is 0.510. The van der Waals surface area contributed by atoms with Gasteiger partial charge in [0, 0.05) is 12.5 Å². The maximum Gasteiger partial charge on any atom is 0.343 e. The standard InChI is InChI=1S/C21H19N3O5/c1-3-28-21(27)18-13-22-24(16-7-5-4-6-8-16)19(18)23-20(26)15-9-11-17(12-10-15)29-14(2)25/h4-13H,3H2,1-2H3,(H,23,26). The van der Waals surface area contributed by atoms with Crippen LogP contribution in [0.1, 0.15) is 34.6 Å². The molecule has 0 spiro atoms. The molecule has 0 aliphatic carbocycles. The maximum absolute atomic E-state index is 12.7. The molecule has 0 radical (unpaired) electrons. The Morgan fingerprint density at radius 2 is 1.72 bits per heavy atom. The van der Waals surface area contributed by atoms with Gasteiger partial charge in [0.25, 0.3) is 5.91 Å². The summed E-state index contributed by atoms with van der Waals surface area (Å²) in [6.07, 6.45) is 1.35. The zero-order chi connectivity index (χ0) is 20.8. The second-order valence-electron chi connectivity index (χ2n) is 5.95. The highest BCUT2D eigenvalue weighted by Gasteiger charge is 2.22. The number of nitrogens with zero attached hydrogens (tertiary/aromatic N) is 2. The van der Waals surface area contributed by atoms with Gasteiger partial charge in [-0.3, -0.25) is 9.59 Å². The summed E-state index contributed by atoms with van der Waals surface area (Å²) in [5.74, 6) is -0.967. The van der Waals surface area contributed by atoms with Crippen LogP contribution in [0.5, 0.6) is 5.75 Å². The first kappa shape index (κ1) is 19.8. The number of para-hydroxylation sites is 1. The van der Waals surface area contributed by atoms with Crippen molar-refractivity contribution in [1.29, 1.82) is 0 Å². The molecule has 0 unspecified atom stereocenters. The van der Waals surface area contributed by atoms with Crippen molar-refractivity contribution < 1.29 is 23.9 Å². The number of rotatable bonds is 6. The summed E-state index contributed by atoms with van der Waals surface area (Å²) in [6, 6.07) is 15.1. The fourth-order valence-electron chi connectivity index (χ4n) is 2.61. The summed E-state index contributed by atoms with van der Waals surface area (Å²) in [4.78, 5) is 36.1. The third-order valence-electron chi connectivity index (χ3n) is 3.88. The Hall–Kier alpha value is -3.94. The lowest BCUT2D eigenvalue weighted by molar-refractivity contribution is -0.131. The molecule has 1 amide bonds. The normalized spacial score (nSPS) is 10.3. The molecule has 0 bridgehead atoms. The Balaban J connectivity index is 1.92. The molecule has 8 nitrogen and oxygen atoms in total. The van der Waals surface area contributed by atoms with Gasteiger partial charge >= 0.3 is 11.9 Å². The molecule has 0 atom stereocenters. The molecule has 0 saturated carbocycles. The average Bonchev–Trinajstić information content (AvgIpc) is 3.12. The average molecular weight is 393 g/mol. The third kappa shape index (κ3) is 4.67. The van der Waals surface area contributed by atoms with Crippen molar-refractivity contribution in [2.75, 3.05) is 11.9 Å². The summed E-state index contributed by atoms with van der Waals surface area (Å²) in [6.45, 7) is 3.19. The van der Waals surface area contributed by atoms with Gasteiger partial charge in [-0.25, -0.2) is 9.48 Å². The maximum atomic E-state index is 12.7. The minimum Gasteiger partial charge on any atom is -0.462 e. The fraction of sp³-hybridized carbons (Fsp3) is 0.143. The number of esters is 2. The van der Waals surface area contributed by atoms with Crippen molar-refractivity contribution in [2.24, 2.45) is 0 Å². The van der Waals surface area contributed by atoms with Crippen LogP contribution in [0.25, 0.3) is 5.69 Å². The van der Waals surface area contributed by atoms with Crippen molar-refractivity contribution in [3.05, 3.63) is 71.9 Å². The van der Waals surface area contributed by atoms with Crippen LogP contribution in [0.2, 0.25) is 0 Å². The van der Waals surface area contributed by atoms with Crippen LogP contribution in [0, 0.1) is 0 Å². The minimum atomic E-state index is -0.588. The second kappa shape index (κ2) is 8.83.